The minimum Gasteiger partial charge on any atom is -0.379 e. The first-order chi connectivity index (χ1) is 11.8. The Bertz CT molecular complexity index is 513. The number of ether oxygens (including phenoxy) is 2. The summed E-state index contributed by atoms with van der Waals surface area (Å²) in [6, 6.07) is 0. The number of hydrogen-bond donors (Lipinski definition) is 0. The first-order valence-corrected chi connectivity index (χ1v) is 10.0. The molecule has 0 aromatic carbocycles. The number of hydrogen-bond acceptors (Lipinski definition) is 3. The van der Waals surface area contributed by atoms with E-state index >= 15 is 0 Å². The van der Waals surface area contributed by atoms with E-state index in [-0.39, 0.29) is 5.41 Å². The van der Waals surface area contributed by atoms with Gasteiger partial charge in [-0.25, -0.2) is 0 Å². The molecule has 0 N–H and O–H groups in total. The minimum atomic E-state index is -0.431. The van der Waals surface area contributed by atoms with Crippen molar-refractivity contribution < 1.29 is 14.3 Å². The normalized spacial score (nSPS) is 30.5. The zero-order valence-electron chi connectivity index (χ0n) is 16.8. The third-order valence-electron chi connectivity index (χ3n) is 6.33. The molecule has 2 aliphatic rings. The topological polar surface area (TPSA) is 35.5 Å². The third-order valence-corrected chi connectivity index (χ3v) is 6.33. The van der Waals surface area contributed by atoms with Crippen LogP contribution in [0.4, 0.5) is 0 Å². The first kappa shape index (κ1) is 20.5. The van der Waals surface area contributed by atoms with Crippen molar-refractivity contribution in [2.75, 3.05) is 19.8 Å². The number of fused-ring (bicyclic) bond motifs is 1. The van der Waals surface area contributed by atoms with E-state index in [1.165, 1.54) is 12.8 Å². The number of carbonyl (C=O) groups is 1. The van der Waals surface area contributed by atoms with Crippen molar-refractivity contribution in [3.05, 3.63) is 0 Å². The lowest BCUT2D eigenvalue weighted by atomic mass is 9.62. The second-order valence-corrected chi connectivity index (χ2v) is 8.60. The molecule has 142 valence electrons. The third kappa shape index (κ3) is 5.08. The molecule has 0 heterocycles. The quantitative estimate of drug-likeness (QED) is 0.497. The summed E-state index contributed by atoms with van der Waals surface area (Å²) in [6.07, 6.45) is 6.24. The fourth-order valence-electron chi connectivity index (χ4n) is 5.01. The van der Waals surface area contributed by atoms with Gasteiger partial charge in [-0.15, -0.1) is 0 Å². The molecule has 0 radical (unpaired) electrons. The molecule has 0 saturated heterocycles. The lowest BCUT2D eigenvalue weighted by molar-refractivity contribution is -0.130. The van der Waals surface area contributed by atoms with Gasteiger partial charge in [-0.2, -0.15) is 0 Å². The molecule has 2 saturated carbocycles. The molecule has 3 nitrogen and oxygen atoms in total. The number of ketones is 1. The van der Waals surface area contributed by atoms with Crippen molar-refractivity contribution in [1.29, 1.82) is 0 Å². The van der Waals surface area contributed by atoms with Gasteiger partial charge in [0.05, 0.1) is 13.2 Å². The van der Waals surface area contributed by atoms with Gasteiger partial charge in [0.2, 0.25) is 0 Å². The molecule has 4 atom stereocenters. The lowest BCUT2D eigenvalue weighted by Gasteiger charge is -2.42. The fraction of sp³-hybridized carbons (Fsp3) is 0.864. The van der Waals surface area contributed by atoms with E-state index in [1.807, 2.05) is 20.8 Å². The molecule has 25 heavy (non-hydrogen) atoms. The van der Waals surface area contributed by atoms with E-state index in [0.29, 0.717) is 36.8 Å². The van der Waals surface area contributed by atoms with Crippen LogP contribution in [0.2, 0.25) is 0 Å². The van der Waals surface area contributed by atoms with Crippen molar-refractivity contribution in [2.24, 2.45) is 23.2 Å². The Morgan fingerprint density at radius 2 is 2.08 bits per heavy atom. The van der Waals surface area contributed by atoms with Crippen molar-refractivity contribution in [3.8, 4) is 11.8 Å². The van der Waals surface area contributed by atoms with Crippen LogP contribution in [0, 0.1) is 35.0 Å². The maximum absolute atomic E-state index is 12.3. The molecule has 2 fully saturated rings. The van der Waals surface area contributed by atoms with Gasteiger partial charge in [-0.3, -0.25) is 4.79 Å². The van der Waals surface area contributed by atoms with Crippen LogP contribution < -0.4 is 0 Å². The van der Waals surface area contributed by atoms with E-state index in [1.54, 1.807) is 0 Å². The second-order valence-electron chi connectivity index (χ2n) is 8.60. The average molecular weight is 349 g/mol. The minimum absolute atomic E-state index is 0.208. The van der Waals surface area contributed by atoms with Crippen LogP contribution in [-0.2, 0) is 14.3 Å². The van der Waals surface area contributed by atoms with Gasteiger partial charge in [0.25, 0.3) is 0 Å². The van der Waals surface area contributed by atoms with Gasteiger partial charge in [0.15, 0.2) is 0 Å². The van der Waals surface area contributed by atoms with Crippen molar-refractivity contribution in [3.63, 3.8) is 0 Å². The van der Waals surface area contributed by atoms with Crippen LogP contribution in [0.5, 0.6) is 0 Å². The Kier molecular flexibility index (Phi) is 7.11. The molecule has 0 aromatic heterocycles. The highest BCUT2D eigenvalue weighted by atomic mass is 16.5. The summed E-state index contributed by atoms with van der Waals surface area (Å²) in [7, 11) is 0. The predicted octanol–water partition coefficient (Wildman–Crippen LogP) is 4.63. The summed E-state index contributed by atoms with van der Waals surface area (Å²) in [5.41, 5.74) is -0.223. The first-order valence-electron chi connectivity index (χ1n) is 10.0. The summed E-state index contributed by atoms with van der Waals surface area (Å²) in [6.45, 7) is 12.6. The standard InChI is InChI=1S/C22H36O3/c1-6-24-15-16-25-21(3,4)13-7-9-17(2)18-11-12-19-20(23)10-8-14-22(18,19)5/h17-19H,6,8-12,14-16H2,1-5H3/t17-,18-,19-,22-/m1/s1. The van der Waals surface area contributed by atoms with Crippen molar-refractivity contribution >= 4 is 5.78 Å². The van der Waals surface area contributed by atoms with E-state index in [4.69, 9.17) is 9.47 Å². The van der Waals surface area contributed by atoms with Gasteiger partial charge < -0.3 is 9.47 Å². The monoisotopic (exact) mass is 348 g/mol. The molecule has 0 aromatic rings. The highest BCUT2D eigenvalue weighted by Crippen LogP contribution is 2.56. The Labute approximate surface area is 154 Å². The number of carbonyl (C=O) groups excluding carboxylic acids is 1. The van der Waals surface area contributed by atoms with Gasteiger partial charge in [0.1, 0.15) is 11.4 Å². The molecule has 3 heteroatoms. The molecule has 0 unspecified atom stereocenters. The summed E-state index contributed by atoms with van der Waals surface area (Å²) >= 11 is 0. The summed E-state index contributed by atoms with van der Waals surface area (Å²) in [4.78, 5) is 12.3. The van der Waals surface area contributed by atoms with Crippen LogP contribution in [-0.4, -0.2) is 31.2 Å². The molecule has 0 amide bonds. The van der Waals surface area contributed by atoms with Crippen LogP contribution >= 0.6 is 0 Å². The maximum Gasteiger partial charge on any atom is 0.136 e. The van der Waals surface area contributed by atoms with Crippen LogP contribution in [0.15, 0.2) is 0 Å². The molecular formula is C22H36O3. The Balaban J connectivity index is 1.88. The SMILES string of the molecule is CCOCCOC(C)(C)C#CC[C@@H](C)[C@H]1CC[C@@H]2C(=O)CCC[C@@]21C. The van der Waals surface area contributed by atoms with E-state index in [0.717, 1.165) is 32.3 Å². The fourth-order valence-corrected chi connectivity index (χ4v) is 5.01. The van der Waals surface area contributed by atoms with E-state index in [9.17, 15) is 4.79 Å². The number of rotatable bonds is 7. The van der Waals surface area contributed by atoms with E-state index in [2.05, 4.69) is 25.7 Å². The van der Waals surface area contributed by atoms with Gasteiger partial charge >= 0.3 is 0 Å². The predicted molar refractivity (Wildman–Crippen MR) is 101 cm³/mol. The summed E-state index contributed by atoms with van der Waals surface area (Å²) in [5, 5.41) is 0. The van der Waals surface area contributed by atoms with Crippen LogP contribution in [0.3, 0.4) is 0 Å². The summed E-state index contributed by atoms with van der Waals surface area (Å²) < 4.78 is 11.1. The molecule has 2 rings (SSSR count). The Morgan fingerprint density at radius 3 is 2.80 bits per heavy atom. The molecule has 0 aliphatic heterocycles. The zero-order valence-corrected chi connectivity index (χ0v) is 16.8. The largest absolute Gasteiger partial charge is 0.379 e. The highest BCUT2D eigenvalue weighted by molar-refractivity contribution is 5.83. The van der Waals surface area contributed by atoms with Gasteiger partial charge in [0, 0.05) is 25.4 Å². The smallest absolute Gasteiger partial charge is 0.136 e. The molecular weight excluding hydrogens is 312 g/mol. The second kappa shape index (κ2) is 8.69. The van der Waals surface area contributed by atoms with Crippen molar-refractivity contribution in [2.45, 2.75) is 78.7 Å². The lowest BCUT2D eigenvalue weighted by Crippen LogP contribution is -2.39. The van der Waals surface area contributed by atoms with E-state index < -0.39 is 5.60 Å². The Hall–Kier alpha value is -0.850. The summed E-state index contributed by atoms with van der Waals surface area (Å²) in [5.74, 6) is 8.63. The average Bonchev–Trinajstić information content (AvgIpc) is 2.90. The highest BCUT2D eigenvalue weighted by Gasteiger charge is 2.52. The van der Waals surface area contributed by atoms with Crippen LogP contribution in [0.25, 0.3) is 0 Å². The van der Waals surface area contributed by atoms with Gasteiger partial charge in [-0.1, -0.05) is 25.7 Å². The van der Waals surface area contributed by atoms with Crippen LogP contribution in [0.1, 0.15) is 73.1 Å². The Morgan fingerprint density at radius 1 is 1.32 bits per heavy atom. The maximum atomic E-state index is 12.3. The van der Waals surface area contributed by atoms with Crippen molar-refractivity contribution in [1.82, 2.24) is 0 Å². The molecule has 2 aliphatic carbocycles. The number of Topliss-reactive ketones (excluding diaryl/α,β-unsaturated/α-hetero) is 1. The molecule has 0 bridgehead atoms. The zero-order chi connectivity index (χ0) is 18.5. The molecule has 0 spiro atoms. The van der Waals surface area contributed by atoms with Gasteiger partial charge in [-0.05, 0) is 63.7 Å².